The minimum atomic E-state index is -0.214. The van der Waals surface area contributed by atoms with Gasteiger partial charge >= 0.3 is 0 Å². The van der Waals surface area contributed by atoms with E-state index in [1.165, 1.54) is 6.07 Å². The molecule has 0 saturated carbocycles. The summed E-state index contributed by atoms with van der Waals surface area (Å²) >= 11 is 15.3. The zero-order valence-electron chi connectivity index (χ0n) is 10.8. The molecule has 0 amide bonds. The molecule has 0 aliphatic carbocycles. The normalized spacial score (nSPS) is 12.4. The number of benzene rings is 2. The standard InChI is InChI=1S/C15H13BrCl2FN/c1-20-15(9-2-4-12(17)13(18)7-9)8-10-6-11(16)3-5-14(10)19/h2-7,15,20H,8H2,1H3. The van der Waals surface area contributed by atoms with Crippen molar-refractivity contribution in [1.82, 2.24) is 5.32 Å². The van der Waals surface area contributed by atoms with Gasteiger partial charge in [0.05, 0.1) is 10.0 Å². The fraction of sp³-hybridized carbons (Fsp3) is 0.200. The average Bonchev–Trinajstić information content (AvgIpc) is 2.43. The van der Waals surface area contributed by atoms with Gasteiger partial charge in [-0.3, -0.25) is 0 Å². The Kier molecular flexibility index (Phi) is 5.44. The molecule has 106 valence electrons. The van der Waals surface area contributed by atoms with E-state index in [2.05, 4.69) is 21.2 Å². The largest absolute Gasteiger partial charge is 0.313 e. The van der Waals surface area contributed by atoms with Crippen LogP contribution in [0.15, 0.2) is 40.9 Å². The topological polar surface area (TPSA) is 12.0 Å². The molecule has 5 heteroatoms. The Morgan fingerprint density at radius 2 is 1.90 bits per heavy atom. The minimum absolute atomic E-state index is 0.0337. The summed E-state index contributed by atoms with van der Waals surface area (Å²) in [5, 5.41) is 4.19. The van der Waals surface area contributed by atoms with Crippen LogP contribution in [-0.4, -0.2) is 7.05 Å². The van der Waals surface area contributed by atoms with Gasteiger partial charge in [-0.25, -0.2) is 4.39 Å². The summed E-state index contributed by atoms with van der Waals surface area (Å²) in [7, 11) is 1.84. The van der Waals surface area contributed by atoms with Gasteiger partial charge in [0.2, 0.25) is 0 Å². The van der Waals surface area contributed by atoms with Crippen molar-refractivity contribution in [3.63, 3.8) is 0 Å². The van der Waals surface area contributed by atoms with E-state index in [0.717, 1.165) is 10.0 Å². The van der Waals surface area contributed by atoms with Crippen LogP contribution in [0.25, 0.3) is 0 Å². The summed E-state index contributed by atoms with van der Waals surface area (Å²) in [6.07, 6.45) is 0.528. The number of likely N-dealkylation sites (N-methyl/N-ethyl adjacent to an activating group) is 1. The molecule has 2 rings (SSSR count). The summed E-state index contributed by atoms with van der Waals surface area (Å²) < 4.78 is 14.7. The van der Waals surface area contributed by atoms with Crippen molar-refractivity contribution in [3.8, 4) is 0 Å². The van der Waals surface area contributed by atoms with Crippen molar-refractivity contribution in [2.24, 2.45) is 0 Å². The Bertz CT molecular complexity index is 619. The molecule has 1 atom stereocenters. The molecule has 0 fully saturated rings. The van der Waals surface area contributed by atoms with E-state index in [9.17, 15) is 4.39 Å². The summed E-state index contributed by atoms with van der Waals surface area (Å²) in [6, 6.07) is 10.4. The van der Waals surface area contributed by atoms with Gasteiger partial charge in [-0.1, -0.05) is 45.2 Å². The highest BCUT2D eigenvalue weighted by Crippen LogP contribution is 2.28. The fourth-order valence-corrected chi connectivity index (χ4v) is 2.75. The molecular weight excluding hydrogens is 364 g/mol. The second-order valence-electron chi connectivity index (χ2n) is 4.45. The lowest BCUT2D eigenvalue weighted by Gasteiger charge is -2.18. The molecule has 0 spiro atoms. The van der Waals surface area contributed by atoms with Gasteiger partial charge in [0, 0.05) is 10.5 Å². The molecule has 0 saturated heterocycles. The van der Waals surface area contributed by atoms with Crippen molar-refractivity contribution >= 4 is 39.1 Å². The molecule has 0 aliphatic heterocycles. The quantitative estimate of drug-likeness (QED) is 0.753. The number of hydrogen-bond donors (Lipinski definition) is 1. The molecule has 2 aromatic carbocycles. The third-order valence-corrected chi connectivity index (χ3v) is 4.36. The first-order valence-corrected chi connectivity index (χ1v) is 7.62. The SMILES string of the molecule is CNC(Cc1cc(Br)ccc1F)c1ccc(Cl)c(Cl)c1. The second-order valence-corrected chi connectivity index (χ2v) is 6.18. The number of hydrogen-bond acceptors (Lipinski definition) is 1. The van der Waals surface area contributed by atoms with E-state index in [0.29, 0.717) is 22.0 Å². The molecule has 1 nitrogen and oxygen atoms in total. The average molecular weight is 377 g/mol. The maximum atomic E-state index is 13.8. The van der Waals surface area contributed by atoms with Crippen molar-refractivity contribution < 1.29 is 4.39 Å². The van der Waals surface area contributed by atoms with E-state index >= 15 is 0 Å². The summed E-state index contributed by atoms with van der Waals surface area (Å²) in [6.45, 7) is 0. The second kappa shape index (κ2) is 6.90. The summed E-state index contributed by atoms with van der Waals surface area (Å²) in [5.74, 6) is -0.214. The lowest BCUT2D eigenvalue weighted by Crippen LogP contribution is -2.19. The van der Waals surface area contributed by atoms with Crippen molar-refractivity contribution in [2.45, 2.75) is 12.5 Å². The Labute approximate surface area is 136 Å². The summed E-state index contributed by atoms with van der Waals surface area (Å²) in [4.78, 5) is 0. The molecule has 1 unspecified atom stereocenters. The summed E-state index contributed by atoms with van der Waals surface area (Å²) in [5.41, 5.74) is 1.62. The molecule has 0 bridgehead atoms. The fourth-order valence-electron chi connectivity index (χ4n) is 2.04. The third kappa shape index (κ3) is 3.73. The zero-order chi connectivity index (χ0) is 14.7. The van der Waals surface area contributed by atoms with E-state index in [4.69, 9.17) is 23.2 Å². The molecule has 0 radical (unpaired) electrons. The molecule has 1 N–H and O–H groups in total. The highest BCUT2D eigenvalue weighted by atomic mass is 79.9. The van der Waals surface area contributed by atoms with Gasteiger partial charge in [0.25, 0.3) is 0 Å². The number of rotatable bonds is 4. The predicted molar refractivity (Wildman–Crippen MR) is 86.1 cm³/mol. The van der Waals surface area contributed by atoms with Gasteiger partial charge in [-0.15, -0.1) is 0 Å². The van der Waals surface area contributed by atoms with Gasteiger partial charge < -0.3 is 5.32 Å². The maximum Gasteiger partial charge on any atom is 0.126 e. The molecule has 0 aliphatic rings. The van der Waals surface area contributed by atoms with E-state index < -0.39 is 0 Å². The highest BCUT2D eigenvalue weighted by Gasteiger charge is 2.14. The minimum Gasteiger partial charge on any atom is -0.313 e. The van der Waals surface area contributed by atoms with Crippen LogP contribution in [0.3, 0.4) is 0 Å². The van der Waals surface area contributed by atoms with Crippen LogP contribution in [0, 0.1) is 5.82 Å². The Hall–Kier alpha value is -0.610. The highest BCUT2D eigenvalue weighted by molar-refractivity contribution is 9.10. The lowest BCUT2D eigenvalue weighted by molar-refractivity contribution is 0.554. The molecule has 0 heterocycles. The number of halogens is 4. The van der Waals surface area contributed by atoms with Gasteiger partial charge in [0.1, 0.15) is 5.82 Å². The smallest absolute Gasteiger partial charge is 0.126 e. The van der Waals surface area contributed by atoms with Crippen molar-refractivity contribution in [2.75, 3.05) is 7.05 Å². The predicted octanol–water partition coefficient (Wildman–Crippen LogP) is 5.40. The first kappa shape index (κ1) is 15.8. The van der Waals surface area contributed by atoms with Crippen molar-refractivity contribution in [1.29, 1.82) is 0 Å². The Morgan fingerprint density at radius 1 is 1.15 bits per heavy atom. The number of nitrogens with one attached hydrogen (secondary N) is 1. The van der Waals surface area contributed by atoms with Crippen molar-refractivity contribution in [3.05, 3.63) is 67.9 Å². The van der Waals surface area contributed by atoms with Crippen LogP contribution in [-0.2, 0) is 6.42 Å². The van der Waals surface area contributed by atoms with Crippen LogP contribution in [0.2, 0.25) is 10.0 Å². The Balaban J connectivity index is 2.28. The monoisotopic (exact) mass is 375 g/mol. The lowest BCUT2D eigenvalue weighted by atomic mass is 9.99. The van der Waals surface area contributed by atoms with Crippen LogP contribution in [0.1, 0.15) is 17.2 Å². The molecule has 20 heavy (non-hydrogen) atoms. The third-order valence-electron chi connectivity index (χ3n) is 3.13. The van der Waals surface area contributed by atoms with E-state index in [1.807, 2.05) is 13.1 Å². The van der Waals surface area contributed by atoms with Crippen LogP contribution < -0.4 is 5.32 Å². The maximum absolute atomic E-state index is 13.8. The van der Waals surface area contributed by atoms with Gasteiger partial charge in [-0.2, -0.15) is 0 Å². The molecule has 0 aromatic heterocycles. The van der Waals surface area contributed by atoms with Gasteiger partial charge in [0.15, 0.2) is 0 Å². The first-order valence-electron chi connectivity index (χ1n) is 6.07. The van der Waals surface area contributed by atoms with Crippen LogP contribution in [0.4, 0.5) is 4.39 Å². The molecule has 2 aromatic rings. The van der Waals surface area contributed by atoms with Gasteiger partial charge in [-0.05, 0) is 54.9 Å². The van der Waals surface area contributed by atoms with Crippen LogP contribution in [0.5, 0.6) is 0 Å². The molecular formula is C15H13BrCl2FN. The Morgan fingerprint density at radius 3 is 2.55 bits per heavy atom. The van der Waals surface area contributed by atoms with E-state index in [-0.39, 0.29) is 11.9 Å². The first-order chi connectivity index (χ1) is 9.51. The zero-order valence-corrected chi connectivity index (χ0v) is 13.9. The van der Waals surface area contributed by atoms with Crippen LogP contribution >= 0.6 is 39.1 Å². The van der Waals surface area contributed by atoms with E-state index in [1.54, 1.807) is 24.3 Å².